The Bertz CT molecular complexity index is 1340. The molecule has 3 aliphatic carbocycles. The van der Waals surface area contributed by atoms with Crippen LogP contribution in [0.15, 0.2) is 12.1 Å². The van der Waals surface area contributed by atoms with Gasteiger partial charge in [0.05, 0.1) is 47.8 Å². The molecule has 3 aliphatic rings. The smallest absolute Gasteiger partial charge is 0.354 e. The molecule has 3 fully saturated rings. The van der Waals surface area contributed by atoms with Crippen molar-refractivity contribution in [3.05, 3.63) is 39.8 Å². The Labute approximate surface area is 208 Å². The molecule has 2 bridgehead atoms. The van der Waals surface area contributed by atoms with Crippen LogP contribution in [-0.2, 0) is 39.9 Å². The summed E-state index contributed by atoms with van der Waals surface area (Å²) in [6, 6.07) is 3.74. The van der Waals surface area contributed by atoms with Gasteiger partial charge in [0.15, 0.2) is 0 Å². The van der Waals surface area contributed by atoms with E-state index in [1.807, 2.05) is 35.4 Å². The van der Waals surface area contributed by atoms with Gasteiger partial charge < -0.3 is 19.1 Å². The van der Waals surface area contributed by atoms with Crippen LogP contribution < -0.4 is 0 Å². The first-order valence-corrected chi connectivity index (χ1v) is 12.3. The number of nitrogens with zero attached hydrogens (tertiary/aromatic N) is 3. The highest BCUT2D eigenvalue weighted by molar-refractivity contribution is 6.35. The van der Waals surface area contributed by atoms with Crippen LogP contribution in [0.5, 0.6) is 0 Å². The molecule has 186 valence electrons. The minimum atomic E-state index is -0.447. The highest BCUT2D eigenvalue weighted by atomic mass is 35.5. The van der Waals surface area contributed by atoms with Crippen molar-refractivity contribution >= 4 is 34.4 Å². The van der Waals surface area contributed by atoms with Crippen molar-refractivity contribution in [1.29, 1.82) is 0 Å². The largest absolute Gasteiger partial charge is 0.466 e. The molecule has 6 rings (SSSR count). The van der Waals surface area contributed by atoms with Crippen LogP contribution in [0.3, 0.4) is 0 Å². The molecule has 8 nitrogen and oxygen atoms in total. The van der Waals surface area contributed by atoms with E-state index in [2.05, 4.69) is 0 Å². The molecule has 3 saturated carbocycles. The monoisotopic (exact) mass is 499 g/mol. The maximum absolute atomic E-state index is 12.9. The fourth-order valence-corrected chi connectivity index (χ4v) is 6.29. The SMILES string of the molecule is COC(=O)c1c(CCCOC(C)=O)c2ccc(Cl)c(-c3c(C)nn(C45CC(C4)C5)c3CO)c2n1C. The van der Waals surface area contributed by atoms with Crippen molar-refractivity contribution in [2.45, 2.75) is 58.1 Å². The van der Waals surface area contributed by atoms with Gasteiger partial charge in [-0.25, -0.2) is 4.79 Å². The van der Waals surface area contributed by atoms with E-state index in [-0.39, 0.29) is 24.7 Å². The molecule has 0 unspecified atom stereocenters. The molecule has 0 amide bonds. The molecule has 0 radical (unpaired) electrons. The number of aliphatic hydroxyl groups is 1. The summed E-state index contributed by atoms with van der Waals surface area (Å²) in [5.41, 5.74) is 5.17. The number of halogens is 1. The zero-order valence-electron chi connectivity index (χ0n) is 20.5. The first-order valence-electron chi connectivity index (χ1n) is 11.9. The van der Waals surface area contributed by atoms with Gasteiger partial charge in [0.25, 0.3) is 0 Å². The summed E-state index contributed by atoms with van der Waals surface area (Å²) in [6.07, 6.45) is 4.37. The summed E-state index contributed by atoms with van der Waals surface area (Å²) in [5.74, 6) is -0.0126. The molecule has 35 heavy (non-hydrogen) atoms. The Kier molecular flexibility index (Phi) is 5.92. The Morgan fingerprint density at radius 3 is 2.54 bits per heavy atom. The zero-order valence-corrected chi connectivity index (χ0v) is 21.2. The van der Waals surface area contributed by atoms with Crippen molar-refractivity contribution in [3.63, 3.8) is 0 Å². The number of aromatic nitrogens is 3. The fraction of sp³-hybridized carbons (Fsp3) is 0.500. The second-order valence-corrected chi connectivity index (χ2v) is 10.2. The lowest BCUT2D eigenvalue weighted by Crippen LogP contribution is -2.60. The Hall–Kier alpha value is -2.84. The van der Waals surface area contributed by atoms with Crippen molar-refractivity contribution in [3.8, 4) is 11.1 Å². The number of carbonyl (C=O) groups excluding carboxylic acids is 2. The van der Waals surface area contributed by atoms with E-state index in [0.29, 0.717) is 23.6 Å². The fourth-order valence-electron chi connectivity index (χ4n) is 6.04. The van der Waals surface area contributed by atoms with E-state index in [0.717, 1.165) is 64.2 Å². The lowest BCUT2D eigenvalue weighted by Gasteiger charge is -2.61. The standard InChI is InChI=1S/C26H30ClN3O5/c1-14-21(20(13-31)30(28-14)26-10-16(11-26)12-26)22-19(27)8-7-18-17(6-5-9-35-15(2)32)24(25(33)34-4)29(3)23(18)22/h7-8,16,31H,5-6,9-13H2,1-4H3. The van der Waals surface area contributed by atoms with Gasteiger partial charge in [-0.3, -0.25) is 9.48 Å². The Balaban J connectivity index is 1.70. The van der Waals surface area contributed by atoms with Crippen LogP contribution in [0, 0.1) is 12.8 Å². The maximum Gasteiger partial charge on any atom is 0.354 e. The number of carbonyl (C=O) groups is 2. The van der Waals surface area contributed by atoms with Gasteiger partial charge in [-0.05, 0) is 56.6 Å². The summed E-state index contributed by atoms with van der Waals surface area (Å²) in [5, 5.41) is 16.7. The van der Waals surface area contributed by atoms with Gasteiger partial charge in [0, 0.05) is 30.5 Å². The van der Waals surface area contributed by atoms with E-state index in [4.69, 9.17) is 26.2 Å². The molecule has 0 aliphatic heterocycles. The number of fused-ring (bicyclic) bond motifs is 1. The highest BCUT2D eigenvalue weighted by Gasteiger charge is 2.59. The first-order chi connectivity index (χ1) is 16.7. The molecule has 3 aromatic rings. The molecular formula is C26H30ClN3O5. The van der Waals surface area contributed by atoms with Crippen LogP contribution in [0.1, 0.15) is 60.0 Å². The topological polar surface area (TPSA) is 95.6 Å². The maximum atomic E-state index is 12.9. The number of hydrogen-bond acceptors (Lipinski definition) is 6. The van der Waals surface area contributed by atoms with E-state index in [1.54, 1.807) is 0 Å². The Morgan fingerprint density at radius 1 is 1.26 bits per heavy atom. The van der Waals surface area contributed by atoms with Crippen LogP contribution in [0.4, 0.5) is 0 Å². The van der Waals surface area contributed by atoms with E-state index in [9.17, 15) is 14.7 Å². The van der Waals surface area contributed by atoms with Crippen molar-refractivity contribution in [2.24, 2.45) is 13.0 Å². The van der Waals surface area contributed by atoms with Gasteiger partial charge >= 0.3 is 11.9 Å². The molecule has 0 saturated heterocycles. The summed E-state index contributed by atoms with van der Waals surface area (Å²) >= 11 is 6.82. The number of esters is 2. The summed E-state index contributed by atoms with van der Waals surface area (Å²) in [7, 11) is 3.18. The Morgan fingerprint density at radius 2 is 1.97 bits per heavy atom. The normalized spacial score (nSPS) is 20.5. The predicted octanol–water partition coefficient (Wildman–Crippen LogP) is 4.29. The second kappa shape index (κ2) is 8.68. The number of methoxy groups -OCH3 is 1. The third-order valence-corrected chi connectivity index (χ3v) is 7.99. The van der Waals surface area contributed by atoms with Crippen molar-refractivity contribution in [2.75, 3.05) is 13.7 Å². The van der Waals surface area contributed by atoms with Crippen LogP contribution in [0.25, 0.3) is 22.0 Å². The van der Waals surface area contributed by atoms with Crippen LogP contribution >= 0.6 is 11.6 Å². The molecule has 0 spiro atoms. The number of benzene rings is 1. The molecular weight excluding hydrogens is 470 g/mol. The molecule has 1 N–H and O–H groups in total. The molecule has 0 atom stereocenters. The first kappa shape index (κ1) is 23.9. The number of rotatable bonds is 8. The van der Waals surface area contributed by atoms with Gasteiger partial charge in [-0.1, -0.05) is 17.7 Å². The van der Waals surface area contributed by atoms with Crippen molar-refractivity contribution < 1.29 is 24.2 Å². The minimum absolute atomic E-state index is 0.0133. The lowest BCUT2D eigenvalue weighted by atomic mass is 9.50. The second-order valence-electron chi connectivity index (χ2n) is 9.82. The lowest BCUT2D eigenvalue weighted by molar-refractivity contribution is -0.141. The molecule has 2 aromatic heterocycles. The number of aryl methyl sites for hydroxylation is 3. The van der Waals surface area contributed by atoms with Gasteiger partial charge in [-0.2, -0.15) is 5.10 Å². The highest BCUT2D eigenvalue weighted by Crippen LogP contribution is 2.63. The summed E-state index contributed by atoms with van der Waals surface area (Å²) < 4.78 is 14.1. The van der Waals surface area contributed by atoms with Crippen LogP contribution in [0.2, 0.25) is 5.02 Å². The molecule has 1 aromatic carbocycles. The third kappa shape index (κ3) is 3.57. The predicted molar refractivity (Wildman–Crippen MR) is 131 cm³/mol. The van der Waals surface area contributed by atoms with Gasteiger partial charge in [0.2, 0.25) is 0 Å². The number of ether oxygens (including phenoxy) is 2. The number of hydrogen-bond donors (Lipinski definition) is 1. The van der Waals surface area contributed by atoms with Crippen molar-refractivity contribution in [1.82, 2.24) is 14.3 Å². The average Bonchev–Trinajstić information content (AvgIpc) is 3.22. The van der Waals surface area contributed by atoms with Gasteiger partial charge in [0.1, 0.15) is 5.69 Å². The van der Waals surface area contributed by atoms with E-state index in [1.165, 1.54) is 14.0 Å². The molecule has 2 heterocycles. The summed E-state index contributed by atoms with van der Waals surface area (Å²) in [6.45, 7) is 3.42. The minimum Gasteiger partial charge on any atom is -0.466 e. The van der Waals surface area contributed by atoms with Crippen LogP contribution in [-0.4, -0.2) is 45.1 Å². The zero-order chi connectivity index (χ0) is 25.1. The third-order valence-electron chi connectivity index (χ3n) is 7.68. The number of aliphatic hydroxyl groups excluding tert-OH is 1. The van der Waals surface area contributed by atoms with Gasteiger partial charge in [-0.15, -0.1) is 0 Å². The van der Waals surface area contributed by atoms with E-state index >= 15 is 0 Å². The average molecular weight is 500 g/mol. The quantitative estimate of drug-likeness (QED) is 0.367. The summed E-state index contributed by atoms with van der Waals surface area (Å²) in [4.78, 5) is 24.0. The van der Waals surface area contributed by atoms with E-state index < -0.39 is 5.97 Å². The molecule has 9 heteroatoms.